The maximum atomic E-state index is 12.3. The molecule has 3 N–H and O–H groups in total. The number of likely N-dealkylation sites (N-methyl/N-ethyl adjacent to an activating group) is 1. The zero-order valence-electron chi connectivity index (χ0n) is 16.6. The molecule has 2 aromatic rings. The molecule has 1 aliphatic heterocycles. The number of rotatable bonds is 7. The van der Waals surface area contributed by atoms with Gasteiger partial charge in [0.15, 0.2) is 6.61 Å². The molecule has 0 saturated carbocycles. The zero-order valence-corrected chi connectivity index (χ0v) is 17.4. The number of carbonyl (C=O) groups excluding carboxylic acids is 1. The van der Waals surface area contributed by atoms with E-state index in [1.54, 1.807) is 29.2 Å². The smallest absolute Gasteiger partial charge is 0.258 e. The summed E-state index contributed by atoms with van der Waals surface area (Å²) < 4.78 is 5.56. The van der Waals surface area contributed by atoms with Gasteiger partial charge in [-0.1, -0.05) is 41.4 Å². The second-order valence-corrected chi connectivity index (χ2v) is 8.06. The summed E-state index contributed by atoms with van der Waals surface area (Å²) in [6.07, 6.45) is 0. The van der Waals surface area contributed by atoms with E-state index in [0.717, 1.165) is 26.2 Å². The van der Waals surface area contributed by atoms with Crippen LogP contribution in [0.25, 0.3) is 0 Å². The van der Waals surface area contributed by atoms with Gasteiger partial charge in [0, 0.05) is 10.6 Å². The zero-order chi connectivity index (χ0) is 19.9. The van der Waals surface area contributed by atoms with Gasteiger partial charge in [0.05, 0.1) is 13.6 Å². The molecule has 1 fully saturated rings. The van der Waals surface area contributed by atoms with Crippen molar-refractivity contribution in [3.05, 3.63) is 64.7 Å². The van der Waals surface area contributed by atoms with E-state index < -0.39 is 0 Å². The first-order valence-electron chi connectivity index (χ1n) is 9.89. The fourth-order valence-corrected chi connectivity index (χ4v) is 3.72. The van der Waals surface area contributed by atoms with Gasteiger partial charge >= 0.3 is 0 Å². The molecule has 1 atom stereocenters. The predicted molar refractivity (Wildman–Crippen MR) is 111 cm³/mol. The van der Waals surface area contributed by atoms with E-state index >= 15 is 0 Å². The molecular weight excluding hydrogens is 374 g/mol. The highest BCUT2D eigenvalue weighted by Gasteiger charge is 2.29. The Hall–Kier alpha value is -2.08. The molecule has 150 valence electrons. The van der Waals surface area contributed by atoms with Crippen LogP contribution in [0.5, 0.6) is 5.75 Å². The van der Waals surface area contributed by atoms with Crippen molar-refractivity contribution < 1.29 is 19.3 Å². The normalized spacial score (nSPS) is 20.4. The number of quaternary nitrogens is 2. The Bertz CT molecular complexity index is 756. The first-order chi connectivity index (χ1) is 13.5. The van der Waals surface area contributed by atoms with E-state index in [0.29, 0.717) is 17.3 Å². The highest BCUT2D eigenvalue weighted by molar-refractivity contribution is 6.30. The molecule has 0 aliphatic carbocycles. The molecule has 6 heteroatoms. The second kappa shape index (κ2) is 9.92. The minimum atomic E-state index is -0.105. The van der Waals surface area contributed by atoms with Gasteiger partial charge in [-0.15, -0.1) is 0 Å². The molecule has 5 nitrogen and oxygen atoms in total. The van der Waals surface area contributed by atoms with E-state index in [1.807, 2.05) is 0 Å². The summed E-state index contributed by atoms with van der Waals surface area (Å²) in [5.41, 5.74) is 2.53. The number of ether oxygens (including phenoxy) is 1. The first kappa shape index (κ1) is 20.6. The van der Waals surface area contributed by atoms with Crippen molar-refractivity contribution >= 4 is 17.5 Å². The molecule has 2 aromatic carbocycles. The molecule has 1 amide bonds. The Morgan fingerprint density at radius 2 is 1.71 bits per heavy atom. The molecule has 0 unspecified atom stereocenters. The van der Waals surface area contributed by atoms with Crippen LogP contribution in [0.3, 0.4) is 0 Å². The number of aryl methyl sites for hydroxylation is 1. The van der Waals surface area contributed by atoms with E-state index in [9.17, 15) is 4.79 Å². The molecule has 1 aliphatic rings. The second-order valence-electron chi connectivity index (χ2n) is 7.63. The average Bonchev–Trinajstić information content (AvgIpc) is 2.70. The molecule has 0 spiro atoms. The fourth-order valence-electron chi connectivity index (χ4n) is 3.59. The molecular formula is C22H30ClN3O2+2. The van der Waals surface area contributed by atoms with Crippen LogP contribution in [-0.2, 0) is 4.79 Å². The van der Waals surface area contributed by atoms with Crippen LogP contribution in [0.15, 0.2) is 48.5 Å². The topological polar surface area (TPSA) is 47.2 Å². The number of nitrogens with one attached hydrogen (secondary N) is 3. The maximum absolute atomic E-state index is 12.3. The van der Waals surface area contributed by atoms with E-state index in [1.165, 1.54) is 16.0 Å². The third-order valence-corrected chi connectivity index (χ3v) is 5.66. The summed E-state index contributed by atoms with van der Waals surface area (Å²) in [4.78, 5) is 15.4. The summed E-state index contributed by atoms with van der Waals surface area (Å²) >= 11 is 5.87. The monoisotopic (exact) mass is 403 g/mol. The lowest BCUT2D eigenvalue weighted by Crippen LogP contribution is -3.27. The Balaban J connectivity index is 1.58. The fraction of sp³-hybridized carbons (Fsp3) is 0.409. The van der Waals surface area contributed by atoms with Crippen molar-refractivity contribution in [1.29, 1.82) is 0 Å². The van der Waals surface area contributed by atoms with Crippen LogP contribution >= 0.6 is 11.6 Å². The van der Waals surface area contributed by atoms with Crippen LogP contribution in [0.1, 0.15) is 17.2 Å². The molecule has 1 heterocycles. The predicted octanol–water partition coefficient (Wildman–Crippen LogP) is 0.298. The van der Waals surface area contributed by atoms with Gasteiger partial charge in [-0.25, -0.2) is 0 Å². The van der Waals surface area contributed by atoms with Gasteiger partial charge in [0.1, 0.15) is 38.0 Å². The minimum absolute atomic E-state index is 0.00443. The Morgan fingerprint density at radius 1 is 1.07 bits per heavy atom. The summed E-state index contributed by atoms with van der Waals surface area (Å²) in [6, 6.07) is 16.0. The van der Waals surface area contributed by atoms with Crippen molar-refractivity contribution in [2.75, 3.05) is 46.4 Å². The third kappa shape index (κ3) is 5.96. The number of piperazine rings is 1. The van der Waals surface area contributed by atoms with Gasteiger partial charge in [-0.3, -0.25) is 4.79 Å². The van der Waals surface area contributed by atoms with E-state index in [2.05, 4.69) is 43.6 Å². The van der Waals surface area contributed by atoms with E-state index in [-0.39, 0.29) is 18.6 Å². The van der Waals surface area contributed by atoms with Crippen LogP contribution in [0.2, 0.25) is 5.02 Å². The van der Waals surface area contributed by atoms with Crippen molar-refractivity contribution in [2.45, 2.75) is 13.0 Å². The number of hydrogen-bond acceptors (Lipinski definition) is 2. The molecule has 3 rings (SSSR count). The molecule has 28 heavy (non-hydrogen) atoms. The Labute approximate surface area is 172 Å². The van der Waals surface area contributed by atoms with Crippen LogP contribution in [-0.4, -0.2) is 52.3 Å². The summed E-state index contributed by atoms with van der Waals surface area (Å²) in [6.45, 7) is 7.26. The number of hydrogen-bond donors (Lipinski definition) is 3. The van der Waals surface area contributed by atoms with Crippen molar-refractivity contribution in [2.24, 2.45) is 0 Å². The number of amides is 1. The standard InChI is InChI=1S/C22H28ClN3O2/c1-17-3-5-18(6-4-17)21(26-13-11-25(2)12-14-26)15-24-22(27)16-28-20-9-7-19(23)8-10-20/h3-10,21H,11-16H2,1-2H3,(H,24,27)/p+2/t21-/m1/s1. The Morgan fingerprint density at radius 3 is 2.36 bits per heavy atom. The minimum Gasteiger partial charge on any atom is -0.484 e. The lowest BCUT2D eigenvalue weighted by Gasteiger charge is -2.33. The van der Waals surface area contributed by atoms with Gasteiger partial charge in [-0.2, -0.15) is 0 Å². The number of carbonyl (C=O) groups is 1. The van der Waals surface area contributed by atoms with Crippen LogP contribution < -0.4 is 19.9 Å². The third-order valence-electron chi connectivity index (χ3n) is 5.41. The summed E-state index contributed by atoms with van der Waals surface area (Å²) in [7, 11) is 2.24. The molecule has 1 saturated heterocycles. The quantitative estimate of drug-likeness (QED) is 0.622. The molecule has 0 radical (unpaired) electrons. The number of halogens is 1. The maximum Gasteiger partial charge on any atom is 0.258 e. The SMILES string of the molecule is Cc1ccc([C@@H](CNC(=O)COc2ccc(Cl)cc2)[NH+]2CC[NH+](C)CC2)cc1. The van der Waals surface area contributed by atoms with Gasteiger partial charge < -0.3 is 19.9 Å². The summed E-state index contributed by atoms with van der Waals surface area (Å²) in [5, 5.41) is 3.72. The van der Waals surface area contributed by atoms with Gasteiger partial charge in [0.2, 0.25) is 0 Å². The largest absolute Gasteiger partial charge is 0.484 e. The van der Waals surface area contributed by atoms with Crippen LogP contribution in [0, 0.1) is 6.92 Å². The van der Waals surface area contributed by atoms with Gasteiger partial charge in [0.25, 0.3) is 5.91 Å². The Kier molecular flexibility index (Phi) is 7.31. The lowest BCUT2D eigenvalue weighted by atomic mass is 10.0. The van der Waals surface area contributed by atoms with Crippen molar-refractivity contribution in [3.8, 4) is 5.75 Å². The number of benzene rings is 2. The molecule has 0 aromatic heterocycles. The van der Waals surface area contributed by atoms with E-state index in [4.69, 9.17) is 16.3 Å². The highest BCUT2D eigenvalue weighted by atomic mass is 35.5. The van der Waals surface area contributed by atoms with Crippen molar-refractivity contribution in [3.63, 3.8) is 0 Å². The first-order valence-corrected chi connectivity index (χ1v) is 10.3. The lowest BCUT2D eigenvalue weighted by molar-refractivity contribution is -1.02. The van der Waals surface area contributed by atoms with Crippen molar-refractivity contribution in [1.82, 2.24) is 5.32 Å². The van der Waals surface area contributed by atoms with Gasteiger partial charge in [-0.05, 0) is 31.2 Å². The van der Waals surface area contributed by atoms with Crippen LogP contribution in [0.4, 0.5) is 0 Å². The average molecular weight is 404 g/mol. The highest BCUT2D eigenvalue weighted by Crippen LogP contribution is 2.15. The molecule has 0 bridgehead atoms. The summed E-state index contributed by atoms with van der Waals surface area (Å²) in [5.74, 6) is 0.536.